The molecule has 0 aliphatic heterocycles. The Kier molecular flexibility index (Phi) is 10.2. The van der Waals surface area contributed by atoms with E-state index < -0.39 is 26.5 Å². The number of carbonyl (C=O) groups is 1. The molecule has 0 radical (unpaired) electrons. The molecule has 3 rings (SSSR count). The third-order valence-electron chi connectivity index (χ3n) is 5.82. The molecular formula is C29H32FNO5P+. The van der Waals surface area contributed by atoms with Gasteiger partial charge in [0.15, 0.2) is 0 Å². The number of carboxylic acids is 1. The molecule has 2 aromatic carbocycles. The van der Waals surface area contributed by atoms with E-state index in [9.17, 15) is 18.9 Å². The van der Waals surface area contributed by atoms with Gasteiger partial charge in [-0.2, -0.15) is 0 Å². The molecule has 1 heterocycles. The molecule has 0 aliphatic carbocycles. The lowest BCUT2D eigenvalue weighted by Crippen LogP contribution is -2.15. The van der Waals surface area contributed by atoms with Crippen molar-refractivity contribution in [3.05, 3.63) is 83.3 Å². The molecule has 0 bridgehead atoms. The number of aliphatic hydroxyl groups excluding tert-OH is 1. The van der Waals surface area contributed by atoms with Crippen molar-refractivity contribution < 1.29 is 28.5 Å². The van der Waals surface area contributed by atoms with Crippen LogP contribution in [0.15, 0.2) is 60.7 Å². The van der Waals surface area contributed by atoms with E-state index in [4.69, 9.17) is 14.6 Å². The zero-order chi connectivity index (χ0) is 26.9. The first-order valence-corrected chi connectivity index (χ1v) is 13.6. The normalized spacial score (nSPS) is 12.8. The maximum Gasteiger partial charge on any atom is 0.511 e. The van der Waals surface area contributed by atoms with Crippen LogP contribution in [0.4, 0.5) is 4.39 Å². The molecule has 6 nitrogen and oxygen atoms in total. The Bertz CT molecular complexity index is 1260. The first-order valence-electron chi connectivity index (χ1n) is 12.2. The molecule has 194 valence electrons. The molecule has 0 aliphatic rings. The van der Waals surface area contributed by atoms with Crippen molar-refractivity contribution in [3.63, 3.8) is 0 Å². The van der Waals surface area contributed by atoms with Gasteiger partial charge in [0.25, 0.3) is 0 Å². The van der Waals surface area contributed by atoms with E-state index >= 15 is 0 Å². The van der Waals surface area contributed by atoms with Gasteiger partial charge < -0.3 is 10.2 Å². The Balaban J connectivity index is 2.04. The van der Waals surface area contributed by atoms with Gasteiger partial charge in [0.2, 0.25) is 6.16 Å². The number of aromatic nitrogens is 1. The molecule has 0 spiro atoms. The number of benzene rings is 2. The van der Waals surface area contributed by atoms with E-state index in [0.29, 0.717) is 6.42 Å². The molecule has 8 heteroatoms. The lowest BCUT2D eigenvalue weighted by atomic mass is 9.86. The average molecular weight is 525 g/mol. The van der Waals surface area contributed by atoms with E-state index in [0.717, 1.165) is 39.2 Å². The van der Waals surface area contributed by atoms with Gasteiger partial charge in [-0.1, -0.05) is 75.4 Å². The SMILES string of the molecule is CCc1c(-c2ccccc2)nc(C(C)C)c(/C=C/CO[P+](=O)C[C@@H](O)CC(=O)O)c1-c1ccc(F)cc1. The van der Waals surface area contributed by atoms with Gasteiger partial charge in [0.05, 0.1) is 17.8 Å². The molecule has 0 fully saturated rings. The zero-order valence-electron chi connectivity index (χ0n) is 21.2. The summed E-state index contributed by atoms with van der Waals surface area (Å²) in [6.07, 6.45) is 2.34. The van der Waals surface area contributed by atoms with Crippen molar-refractivity contribution >= 4 is 20.1 Å². The Hall–Kier alpha value is -3.25. The lowest BCUT2D eigenvalue weighted by molar-refractivity contribution is -0.138. The Morgan fingerprint density at radius 1 is 1.11 bits per heavy atom. The van der Waals surface area contributed by atoms with Gasteiger partial charge in [-0.3, -0.25) is 9.78 Å². The monoisotopic (exact) mass is 524 g/mol. The molecule has 0 saturated carbocycles. The average Bonchev–Trinajstić information content (AvgIpc) is 2.86. The van der Waals surface area contributed by atoms with Crippen LogP contribution in [0, 0.1) is 5.82 Å². The predicted molar refractivity (Wildman–Crippen MR) is 144 cm³/mol. The maximum atomic E-state index is 13.8. The van der Waals surface area contributed by atoms with Gasteiger partial charge in [-0.15, -0.1) is 4.52 Å². The van der Waals surface area contributed by atoms with Crippen molar-refractivity contribution in [1.29, 1.82) is 0 Å². The fraction of sp³-hybridized carbons (Fsp3) is 0.310. The molecular weight excluding hydrogens is 492 g/mol. The number of pyridine rings is 1. The second-order valence-corrected chi connectivity index (χ2v) is 10.2. The largest absolute Gasteiger partial charge is 0.511 e. The van der Waals surface area contributed by atoms with E-state index in [2.05, 4.69) is 20.8 Å². The maximum absolute atomic E-state index is 13.8. The summed E-state index contributed by atoms with van der Waals surface area (Å²) < 4.78 is 31.3. The summed E-state index contributed by atoms with van der Waals surface area (Å²) in [6.45, 7) is 6.20. The van der Waals surface area contributed by atoms with E-state index in [1.54, 1.807) is 18.2 Å². The van der Waals surface area contributed by atoms with Gasteiger partial charge in [0, 0.05) is 11.1 Å². The van der Waals surface area contributed by atoms with Gasteiger partial charge >= 0.3 is 14.0 Å². The molecule has 2 atom stereocenters. The number of hydrogen-bond donors (Lipinski definition) is 2. The Morgan fingerprint density at radius 2 is 1.78 bits per heavy atom. The summed E-state index contributed by atoms with van der Waals surface area (Å²) in [5.74, 6) is -1.40. The van der Waals surface area contributed by atoms with Crippen LogP contribution >= 0.6 is 8.03 Å². The molecule has 3 aromatic rings. The van der Waals surface area contributed by atoms with Crippen LogP contribution in [0.1, 0.15) is 49.9 Å². The predicted octanol–water partition coefficient (Wildman–Crippen LogP) is 6.85. The third-order valence-corrected chi connectivity index (χ3v) is 6.97. The number of rotatable bonds is 12. The highest BCUT2D eigenvalue weighted by molar-refractivity contribution is 7.39. The van der Waals surface area contributed by atoms with E-state index in [-0.39, 0.29) is 24.5 Å². The smallest absolute Gasteiger partial charge is 0.481 e. The van der Waals surface area contributed by atoms with Crippen LogP contribution < -0.4 is 0 Å². The van der Waals surface area contributed by atoms with E-state index in [1.165, 1.54) is 12.1 Å². The van der Waals surface area contributed by atoms with Crippen molar-refractivity contribution in [3.8, 4) is 22.4 Å². The second-order valence-electron chi connectivity index (χ2n) is 8.96. The summed E-state index contributed by atoms with van der Waals surface area (Å²) in [5.41, 5.74) is 6.48. The molecule has 37 heavy (non-hydrogen) atoms. The van der Waals surface area contributed by atoms with Crippen LogP contribution in [0.25, 0.3) is 28.5 Å². The van der Waals surface area contributed by atoms with Crippen LogP contribution in [0.5, 0.6) is 0 Å². The summed E-state index contributed by atoms with van der Waals surface area (Å²) in [4.78, 5) is 15.8. The van der Waals surface area contributed by atoms with Gasteiger partial charge in [0.1, 0.15) is 18.5 Å². The highest BCUT2D eigenvalue weighted by Gasteiger charge is 2.25. The van der Waals surface area contributed by atoms with Crippen molar-refractivity contribution in [2.24, 2.45) is 0 Å². The van der Waals surface area contributed by atoms with Crippen molar-refractivity contribution in [2.75, 3.05) is 12.8 Å². The standard InChI is InChI=1S/C29H31FNO5P/c1-4-24-27(20-12-14-22(30)15-13-20)25(11-8-16-36-37(35)18-23(32)17-26(33)34)28(19(2)3)31-29(24)21-9-6-5-7-10-21/h5-15,19,23,32H,4,16-18H2,1-3H3/p+1/b11-8+/t23-/m0/s1. The molecule has 2 N–H and O–H groups in total. The number of aliphatic carboxylic acids is 1. The minimum Gasteiger partial charge on any atom is -0.481 e. The van der Waals surface area contributed by atoms with Gasteiger partial charge in [-0.05, 0) is 45.7 Å². The number of hydrogen-bond acceptors (Lipinski definition) is 5. The molecule has 1 aromatic heterocycles. The van der Waals surface area contributed by atoms with E-state index in [1.807, 2.05) is 36.4 Å². The minimum absolute atomic E-state index is 0.0112. The molecule has 1 unspecified atom stereocenters. The molecule has 0 amide bonds. The quantitative estimate of drug-likeness (QED) is 0.252. The minimum atomic E-state index is -2.22. The van der Waals surface area contributed by atoms with Crippen LogP contribution in [0.2, 0.25) is 0 Å². The topological polar surface area (TPSA) is 96.7 Å². The third kappa shape index (κ3) is 7.62. The van der Waals surface area contributed by atoms with Crippen LogP contribution in [-0.4, -0.2) is 40.0 Å². The van der Waals surface area contributed by atoms with Gasteiger partial charge in [-0.25, -0.2) is 4.39 Å². The zero-order valence-corrected chi connectivity index (χ0v) is 22.1. The summed E-state index contributed by atoms with van der Waals surface area (Å²) in [5, 5.41) is 18.4. The number of aliphatic hydroxyl groups is 1. The fourth-order valence-corrected chi connectivity index (χ4v) is 5.01. The summed E-state index contributed by atoms with van der Waals surface area (Å²) >= 11 is 0. The fourth-order valence-electron chi connectivity index (χ4n) is 4.17. The lowest BCUT2D eigenvalue weighted by Gasteiger charge is -2.22. The molecule has 0 saturated heterocycles. The second kappa shape index (κ2) is 13.3. The number of nitrogens with zero attached hydrogens (tertiary/aromatic N) is 1. The van der Waals surface area contributed by atoms with Crippen molar-refractivity contribution in [1.82, 2.24) is 4.98 Å². The van der Waals surface area contributed by atoms with Crippen LogP contribution in [-0.2, 0) is 20.3 Å². The highest BCUT2D eigenvalue weighted by atomic mass is 31.1. The number of halogens is 1. The first kappa shape index (κ1) is 28.3. The van der Waals surface area contributed by atoms with Crippen molar-refractivity contribution in [2.45, 2.75) is 45.6 Å². The Morgan fingerprint density at radius 3 is 2.38 bits per heavy atom. The summed E-state index contributed by atoms with van der Waals surface area (Å²) in [6, 6.07) is 16.4. The highest BCUT2D eigenvalue weighted by Crippen LogP contribution is 2.39. The van der Waals surface area contributed by atoms with Crippen LogP contribution in [0.3, 0.4) is 0 Å². The number of carboxylic acid groups (broad SMARTS) is 1. The Labute approximate surface area is 217 Å². The summed E-state index contributed by atoms with van der Waals surface area (Å²) in [7, 11) is -2.22. The first-order chi connectivity index (χ1) is 17.7.